The molecule has 118 valence electrons. The molecule has 0 aromatic rings. The van der Waals surface area contributed by atoms with Crippen LogP contribution in [0.4, 0.5) is 0 Å². The van der Waals surface area contributed by atoms with Crippen LogP contribution in [0.25, 0.3) is 0 Å². The Labute approximate surface area is 125 Å². The molecule has 21 heavy (non-hydrogen) atoms. The van der Waals surface area contributed by atoms with E-state index in [1.807, 2.05) is 0 Å². The third-order valence-corrected chi connectivity index (χ3v) is 4.15. The van der Waals surface area contributed by atoms with Crippen LogP contribution in [0.5, 0.6) is 0 Å². The van der Waals surface area contributed by atoms with Gasteiger partial charge in [0, 0.05) is 19.4 Å². The van der Waals surface area contributed by atoms with Gasteiger partial charge < -0.3 is 14.4 Å². The number of Topliss-reactive ketones (excluding diaryl/α,β-unsaturated/α-hetero) is 1. The van der Waals surface area contributed by atoms with Crippen molar-refractivity contribution in [3.8, 4) is 0 Å². The average molecular weight is 297 g/mol. The highest BCUT2D eigenvalue weighted by atomic mass is 16.5. The van der Waals surface area contributed by atoms with E-state index in [1.54, 1.807) is 20.8 Å². The van der Waals surface area contributed by atoms with Crippen LogP contribution in [0.1, 0.15) is 27.2 Å². The first kappa shape index (κ1) is 17.4. The number of methoxy groups -OCH3 is 2. The van der Waals surface area contributed by atoms with E-state index in [1.165, 1.54) is 19.1 Å². The van der Waals surface area contributed by atoms with Gasteiger partial charge in [-0.1, -0.05) is 20.4 Å². The minimum absolute atomic E-state index is 0.0310. The van der Waals surface area contributed by atoms with Crippen molar-refractivity contribution in [2.24, 2.45) is 11.8 Å². The van der Waals surface area contributed by atoms with Gasteiger partial charge in [-0.3, -0.25) is 9.59 Å². The Morgan fingerprint density at radius 1 is 1.33 bits per heavy atom. The summed E-state index contributed by atoms with van der Waals surface area (Å²) in [5.41, 5.74) is -0.0391. The largest absolute Gasteiger partial charge is 0.464 e. The molecule has 1 heterocycles. The lowest BCUT2D eigenvalue weighted by molar-refractivity contribution is -0.170. The van der Waals surface area contributed by atoms with Gasteiger partial charge in [-0.15, -0.1) is 0 Å². The lowest BCUT2D eigenvalue weighted by atomic mass is 9.74. The standard InChI is InChI=1S/C15H23NO5/c1-7-11(17)8(2)13-12(10(4)20-5)14(18)16(13)9(3)15(19)21-6/h8,10,12-13H,3,7H2,1-2,4-6H3/t8-,10?,12?,13?/m0/s1. The van der Waals surface area contributed by atoms with Gasteiger partial charge in [0.25, 0.3) is 0 Å². The molecule has 1 amide bonds. The Morgan fingerprint density at radius 2 is 1.90 bits per heavy atom. The van der Waals surface area contributed by atoms with Crippen LogP contribution in [0, 0.1) is 11.8 Å². The molecule has 6 nitrogen and oxygen atoms in total. The van der Waals surface area contributed by atoms with Crippen molar-refractivity contribution in [3.63, 3.8) is 0 Å². The molecule has 6 heteroatoms. The molecule has 0 radical (unpaired) electrons. The molecular weight excluding hydrogens is 274 g/mol. The summed E-state index contributed by atoms with van der Waals surface area (Å²) in [5, 5.41) is 0. The van der Waals surface area contributed by atoms with Gasteiger partial charge in [0.15, 0.2) is 0 Å². The van der Waals surface area contributed by atoms with Crippen LogP contribution in [-0.2, 0) is 23.9 Å². The molecule has 0 saturated carbocycles. The number of esters is 1. The smallest absolute Gasteiger partial charge is 0.354 e. The van der Waals surface area contributed by atoms with Crippen molar-refractivity contribution < 1.29 is 23.9 Å². The van der Waals surface area contributed by atoms with Crippen molar-refractivity contribution in [3.05, 3.63) is 12.3 Å². The number of amides is 1. The first-order chi connectivity index (χ1) is 9.81. The first-order valence-electron chi connectivity index (χ1n) is 6.97. The normalized spacial score (nSPS) is 24.0. The second kappa shape index (κ2) is 6.85. The second-order valence-corrected chi connectivity index (χ2v) is 5.21. The highest BCUT2D eigenvalue weighted by Crippen LogP contribution is 2.39. The molecular formula is C15H23NO5. The van der Waals surface area contributed by atoms with E-state index in [0.29, 0.717) is 6.42 Å². The van der Waals surface area contributed by atoms with Gasteiger partial charge in [0.05, 0.1) is 25.2 Å². The average Bonchev–Trinajstić information content (AvgIpc) is 2.49. The van der Waals surface area contributed by atoms with E-state index < -0.39 is 23.8 Å². The lowest BCUT2D eigenvalue weighted by Crippen LogP contribution is -2.67. The van der Waals surface area contributed by atoms with E-state index >= 15 is 0 Å². The van der Waals surface area contributed by atoms with Gasteiger partial charge in [-0.25, -0.2) is 4.79 Å². The zero-order chi connectivity index (χ0) is 16.3. The number of carbonyl (C=O) groups is 3. The maximum Gasteiger partial charge on any atom is 0.354 e. The van der Waals surface area contributed by atoms with Crippen molar-refractivity contribution in [2.45, 2.75) is 39.3 Å². The number of nitrogens with zero attached hydrogens (tertiary/aromatic N) is 1. The molecule has 0 aromatic heterocycles. The lowest BCUT2D eigenvalue weighted by Gasteiger charge is -2.51. The number of β-lactam (4-membered cyclic amide) rings is 1. The predicted octanol–water partition coefficient (Wildman–Crippen LogP) is 1.15. The van der Waals surface area contributed by atoms with Crippen molar-refractivity contribution >= 4 is 17.7 Å². The van der Waals surface area contributed by atoms with Crippen LogP contribution >= 0.6 is 0 Å². The Hall–Kier alpha value is -1.69. The minimum atomic E-state index is -0.673. The summed E-state index contributed by atoms with van der Waals surface area (Å²) in [7, 11) is 2.74. The van der Waals surface area contributed by atoms with Crippen LogP contribution in [-0.4, -0.2) is 48.9 Å². The highest BCUT2D eigenvalue weighted by Gasteiger charge is 2.55. The number of carbonyl (C=O) groups excluding carboxylic acids is 3. The molecule has 0 N–H and O–H groups in total. The Morgan fingerprint density at radius 3 is 2.33 bits per heavy atom. The Bertz CT molecular complexity index is 459. The second-order valence-electron chi connectivity index (χ2n) is 5.21. The molecule has 0 bridgehead atoms. The number of hydrogen-bond donors (Lipinski definition) is 0. The SMILES string of the molecule is C=C(C(=O)OC)N1C(=O)C(C(C)OC)C1[C@@H](C)C(=O)CC. The zero-order valence-corrected chi connectivity index (χ0v) is 13.2. The third-order valence-electron chi connectivity index (χ3n) is 4.15. The van der Waals surface area contributed by atoms with Crippen LogP contribution in [0.3, 0.4) is 0 Å². The fourth-order valence-electron chi connectivity index (χ4n) is 2.73. The summed E-state index contributed by atoms with van der Waals surface area (Å²) in [6, 6.07) is -0.425. The summed E-state index contributed by atoms with van der Waals surface area (Å²) in [6.45, 7) is 8.92. The minimum Gasteiger partial charge on any atom is -0.464 e. The number of rotatable bonds is 7. The molecule has 4 atom stereocenters. The Kier molecular flexibility index (Phi) is 5.66. The van der Waals surface area contributed by atoms with Gasteiger partial charge >= 0.3 is 5.97 Å². The number of likely N-dealkylation sites (tertiary alicyclic amines) is 1. The monoisotopic (exact) mass is 297 g/mol. The topological polar surface area (TPSA) is 72.9 Å². The summed E-state index contributed by atoms with van der Waals surface area (Å²) >= 11 is 0. The van der Waals surface area contributed by atoms with E-state index in [2.05, 4.69) is 11.3 Å². The maximum atomic E-state index is 12.3. The molecule has 3 unspecified atom stereocenters. The van der Waals surface area contributed by atoms with Crippen molar-refractivity contribution in [1.82, 2.24) is 4.90 Å². The Balaban J connectivity index is 3.07. The van der Waals surface area contributed by atoms with Gasteiger partial charge in [-0.05, 0) is 6.92 Å². The molecule has 1 fully saturated rings. The van der Waals surface area contributed by atoms with Crippen LogP contribution < -0.4 is 0 Å². The fraction of sp³-hybridized carbons (Fsp3) is 0.667. The van der Waals surface area contributed by atoms with Crippen LogP contribution in [0.2, 0.25) is 0 Å². The number of ether oxygens (including phenoxy) is 2. The summed E-state index contributed by atoms with van der Waals surface area (Å²) in [4.78, 5) is 37.2. The number of ketones is 1. The maximum absolute atomic E-state index is 12.3. The van der Waals surface area contributed by atoms with Crippen molar-refractivity contribution in [1.29, 1.82) is 0 Å². The summed E-state index contributed by atoms with van der Waals surface area (Å²) < 4.78 is 9.83. The third kappa shape index (κ3) is 3.00. The van der Waals surface area contributed by atoms with E-state index in [-0.39, 0.29) is 23.5 Å². The van der Waals surface area contributed by atoms with E-state index in [4.69, 9.17) is 4.74 Å². The van der Waals surface area contributed by atoms with E-state index in [9.17, 15) is 14.4 Å². The first-order valence-corrected chi connectivity index (χ1v) is 6.97. The van der Waals surface area contributed by atoms with Gasteiger partial charge in [0.1, 0.15) is 11.5 Å². The zero-order valence-electron chi connectivity index (χ0n) is 13.2. The molecule has 1 aliphatic rings. The molecule has 1 saturated heterocycles. The molecule has 1 aliphatic heterocycles. The quantitative estimate of drug-likeness (QED) is 0.400. The number of hydrogen-bond acceptors (Lipinski definition) is 5. The van der Waals surface area contributed by atoms with Crippen LogP contribution in [0.15, 0.2) is 12.3 Å². The molecule has 1 rings (SSSR count). The molecule has 0 aromatic carbocycles. The highest BCUT2D eigenvalue weighted by molar-refractivity contribution is 5.99. The molecule has 0 spiro atoms. The summed E-state index contributed by atoms with van der Waals surface area (Å²) in [6.07, 6.45) is 0.0367. The van der Waals surface area contributed by atoms with E-state index in [0.717, 1.165) is 0 Å². The summed E-state index contributed by atoms with van der Waals surface area (Å²) in [5.74, 6) is -1.75. The van der Waals surface area contributed by atoms with Gasteiger partial charge in [0.2, 0.25) is 5.91 Å². The fourth-order valence-corrected chi connectivity index (χ4v) is 2.73. The predicted molar refractivity (Wildman–Crippen MR) is 76.2 cm³/mol. The van der Waals surface area contributed by atoms with Crippen molar-refractivity contribution in [2.75, 3.05) is 14.2 Å². The van der Waals surface area contributed by atoms with Gasteiger partial charge in [-0.2, -0.15) is 0 Å². The molecule has 0 aliphatic carbocycles.